The van der Waals surface area contributed by atoms with E-state index in [-0.39, 0.29) is 30.5 Å². The van der Waals surface area contributed by atoms with E-state index in [1.165, 1.54) is 11.8 Å². The quantitative estimate of drug-likeness (QED) is 0.826. The van der Waals surface area contributed by atoms with Gasteiger partial charge in [-0.05, 0) is 32.3 Å². The van der Waals surface area contributed by atoms with Gasteiger partial charge in [0.2, 0.25) is 11.8 Å². The fourth-order valence-electron chi connectivity index (χ4n) is 3.18. The van der Waals surface area contributed by atoms with Crippen LogP contribution in [0.2, 0.25) is 0 Å². The molecular formula is C20H29N3O4. The van der Waals surface area contributed by atoms with Crippen LogP contribution in [0.1, 0.15) is 37.8 Å². The van der Waals surface area contributed by atoms with E-state index in [2.05, 4.69) is 5.32 Å². The topological polar surface area (TPSA) is 79.0 Å². The minimum atomic E-state index is -0.303. The Hall–Kier alpha value is -2.57. The summed E-state index contributed by atoms with van der Waals surface area (Å²) < 4.78 is 5.00. The number of benzene rings is 1. The minimum absolute atomic E-state index is 0.0101. The van der Waals surface area contributed by atoms with Gasteiger partial charge in [0.25, 0.3) is 0 Å². The maximum Gasteiger partial charge on any atom is 0.409 e. The largest absolute Gasteiger partial charge is 0.450 e. The summed E-state index contributed by atoms with van der Waals surface area (Å²) in [5.74, 6) is -0.309. The first-order chi connectivity index (χ1) is 12.9. The van der Waals surface area contributed by atoms with Crippen molar-refractivity contribution >= 4 is 17.9 Å². The lowest BCUT2D eigenvalue weighted by Crippen LogP contribution is -2.49. The van der Waals surface area contributed by atoms with Gasteiger partial charge in [0.05, 0.1) is 13.2 Å². The van der Waals surface area contributed by atoms with Gasteiger partial charge < -0.3 is 19.9 Å². The molecular weight excluding hydrogens is 346 g/mol. The molecule has 1 saturated heterocycles. The van der Waals surface area contributed by atoms with Gasteiger partial charge in [-0.3, -0.25) is 9.59 Å². The highest BCUT2D eigenvalue weighted by atomic mass is 16.6. The predicted octanol–water partition coefficient (Wildman–Crippen LogP) is 2.08. The third-order valence-corrected chi connectivity index (χ3v) is 4.62. The fourth-order valence-corrected chi connectivity index (χ4v) is 3.18. The number of hydrogen-bond donors (Lipinski definition) is 1. The summed E-state index contributed by atoms with van der Waals surface area (Å²) in [6.45, 7) is 7.16. The molecule has 0 atom stereocenters. The van der Waals surface area contributed by atoms with Crippen LogP contribution in [-0.4, -0.2) is 60.0 Å². The van der Waals surface area contributed by atoms with E-state index in [0.29, 0.717) is 39.1 Å². The van der Waals surface area contributed by atoms with Crippen molar-refractivity contribution in [1.29, 1.82) is 0 Å². The van der Waals surface area contributed by atoms with Crippen LogP contribution in [0.3, 0.4) is 0 Å². The maximum atomic E-state index is 12.4. The lowest BCUT2D eigenvalue weighted by molar-refractivity contribution is -0.135. The molecule has 7 heteroatoms. The summed E-state index contributed by atoms with van der Waals surface area (Å²) in [5.41, 5.74) is 2.12. The molecule has 0 unspecified atom stereocenters. The smallest absolute Gasteiger partial charge is 0.409 e. The predicted molar refractivity (Wildman–Crippen MR) is 102 cm³/mol. The number of piperidine rings is 1. The molecule has 1 aliphatic heterocycles. The average molecular weight is 375 g/mol. The second-order valence-corrected chi connectivity index (χ2v) is 6.89. The molecule has 148 valence electrons. The molecule has 1 aromatic carbocycles. The molecule has 1 N–H and O–H groups in total. The van der Waals surface area contributed by atoms with Crippen LogP contribution >= 0.6 is 0 Å². The highest BCUT2D eigenvalue weighted by Crippen LogP contribution is 2.12. The average Bonchev–Trinajstić information content (AvgIpc) is 2.62. The summed E-state index contributed by atoms with van der Waals surface area (Å²) in [7, 11) is 0. The number of amides is 3. The lowest BCUT2D eigenvalue weighted by Gasteiger charge is -2.32. The number of nitrogens with one attached hydrogen (secondary N) is 1. The number of aryl methyl sites for hydroxylation is 1. The van der Waals surface area contributed by atoms with Crippen molar-refractivity contribution in [3.63, 3.8) is 0 Å². The van der Waals surface area contributed by atoms with E-state index in [1.54, 1.807) is 11.8 Å². The number of hydrogen-bond acceptors (Lipinski definition) is 4. The molecule has 0 spiro atoms. The number of rotatable bonds is 6. The third-order valence-electron chi connectivity index (χ3n) is 4.62. The van der Waals surface area contributed by atoms with Gasteiger partial charge in [0.1, 0.15) is 0 Å². The minimum Gasteiger partial charge on any atom is -0.450 e. The van der Waals surface area contributed by atoms with E-state index in [9.17, 15) is 14.4 Å². The Morgan fingerprint density at radius 2 is 1.96 bits per heavy atom. The van der Waals surface area contributed by atoms with Crippen molar-refractivity contribution in [3.05, 3.63) is 35.4 Å². The zero-order valence-corrected chi connectivity index (χ0v) is 16.4. The first-order valence-corrected chi connectivity index (χ1v) is 9.41. The normalized spacial score (nSPS) is 14.6. The van der Waals surface area contributed by atoms with Gasteiger partial charge in [0, 0.05) is 32.6 Å². The fraction of sp³-hybridized carbons (Fsp3) is 0.550. The van der Waals surface area contributed by atoms with Crippen LogP contribution in [0.5, 0.6) is 0 Å². The van der Waals surface area contributed by atoms with Crippen molar-refractivity contribution in [2.45, 2.75) is 46.2 Å². The molecule has 0 aliphatic carbocycles. The van der Waals surface area contributed by atoms with E-state index >= 15 is 0 Å². The molecule has 3 amide bonds. The van der Waals surface area contributed by atoms with Gasteiger partial charge in [-0.15, -0.1) is 0 Å². The van der Waals surface area contributed by atoms with Crippen molar-refractivity contribution in [1.82, 2.24) is 15.1 Å². The zero-order valence-electron chi connectivity index (χ0n) is 16.4. The Morgan fingerprint density at radius 3 is 2.56 bits per heavy atom. The van der Waals surface area contributed by atoms with E-state index in [1.807, 2.05) is 31.2 Å². The van der Waals surface area contributed by atoms with Crippen LogP contribution in [0, 0.1) is 6.92 Å². The molecule has 2 rings (SSSR count). The molecule has 1 aliphatic rings. The van der Waals surface area contributed by atoms with E-state index < -0.39 is 0 Å². The van der Waals surface area contributed by atoms with Crippen molar-refractivity contribution in [2.75, 3.05) is 26.2 Å². The van der Waals surface area contributed by atoms with Gasteiger partial charge >= 0.3 is 6.09 Å². The number of carbonyl (C=O) groups is 3. The highest BCUT2D eigenvalue weighted by Gasteiger charge is 2.25. The molecule has 0 radical (unpaired) electrons. The van der Waals surface area contributed by atoms with Crippen LogP contribution < -0.4 is 5.32 Å². The van der Waals surface area contributed by atoms with Gasteiger partial charge in [0.15, 0.2) is 0 Å². The number of carbonyl (C=O) groups excluding carboxylic acids is 3. The summed E-state index contributed by atoms with van der Waals surface area (Å²) in [5, 5.41) is 2.98. The maximum absolute atomic E-state index is 12.4. The van der Waals surface area contributed by atoms with E-state index in [4.69, 9.17) is 4.74 Å². The third kappa shape index (κ3) is 6.58. The number of nitrogens with zero attached hydrogens (tertiary/aromatic N) is 2. The lowest BCUT2D eigenvalue weighted by atomic mass is 10.1. The molecule has 27 heavy (non-hydrogen) atoms. The molecule has 1 aromatic rings. The highest BCUT2D eigenvalue weighted by molar-refractivity contribution is 5.84. The summed E-state index contributed by atoms with van der Waals surface area (Å²) in [6, 6.07) is 7.92. The first kappa shape index (κ1) is 20.7. The summed E-state index contributed by atoms with van der Waals surface area (Å²) in [6.07, 6.45) is 1.06. The van der Waals surface area contributed by atoms with Crippen LogP contribution in [-0.2, 0) is 20.9 Å². The van der Waals surface area contributed by atoms with Crippen LogP contribution in [0.15, 0.2) is 24.3 Å². The molecule has 1 heterocycles. The van der Waals surface area contributed by atoms with Crippen LogP contribution in [0.25, 0.3) is 0 Å². The van der Waals surface area contributed by atoms with Crippen molar-refractivity contribution < 1.29 is 19.1 Å². The first-order valence-electron chi connectivity index (χ1n) is 9.41. The van der Waals surface area contributed by atoms with Crippen LogP contribution in [0.4, 0.5) is 4.79 Å². The Kier molecular flexibility index (Phi) is 7.64. The Balaban J connectivity index is 1.82. The Morgan fingerprint density at radius 1 is 1.26 bits per heavy atom. The van der Waals surface area contributed by atoms with Crippen molar-refractivity contribution in [3.8, 4) is 0 Å². The molecule has 0 saturated carbocycles. The molecule has 0 bridgehead atoms. The second-order valence-electron chi connectivity index (χ2n) is 6.89. The van der Waals surface area contributed by atoms with Crippen molar-refractivity contribution in [2.24, 2.45) is 0 Å². The zero-order chi connectivity index (χ0) is 19.8. The second kappa shape index (κ2) is 9.94. The Labute approximate surface area is 160 Å². The van der Waals surface area contributed by atoms with Gasteiger partial charge in [-0.2, -0.15) is 0 Å². The van der Waals surface area contributed by atoms with Gasteiger partial charge in [-0.1, -0.05) is 29.8 Å². The summed E-state index contributed by atoms with van der Waals surface area (Å²) >= 11 is 0. The number of likely N-dealkylation sites (tertiary alicyclic amines) is 1. The molecule has 7 nitrogen and oxygen atoms in total. The molecule has 0 aromatic heterocycles. The summed E-state index contributed by atoms with van der Waals surface area (Å²) in [4.78, 5) is 39.2. The van der Waals surface area contributed by atoms with Gasteiger partial charge in [-0.25, -0.2) is 4.79 Å². The monoisotopic (exact) mass is 375 g/mol. The molecule has 1 fully saturated rings. The standard InChI is InChI=1S/C20H29N3O4/c1-4-27-20(26)22-10-8-18(9-11-22)21-19(25)14-23(16(3)24)13-17-7-5-6-15(2)12-17/h5-7,12,18H,4,8-11,13-14H2,1-3H3,(H,21,25). The SMILES string of the molecule is CCOC(=O)N1CCC(NC(=O)CN(Cc2cccc(C)c2)C(C)=O)CC1. The Bertz CT molecular complexity index is 669. The number of ether oxygens (including phenoxy) is 1. The van der Waals surface area contributed by atoms with E-state index in [0.717, 1.165) is 11.1 Å².